The predicted molar refractivity (Wildman–Crippen MR) is 53.5 cm³/mol. The summed E-state index contributed by atoms with van der Waals surface area (Å²) in [6.45, 7) is 12.1. The normalized spacial score (nSPS) is 23.9. The molecule has 0 aromatic carbocycles. The van der Waals surface area contributed by atoms with Crippen molar-refractivity contribution in [2.45, 2.75) is 19.4 Å². The number of hydrogen-bond donors (Lipinski definition) is 1. The molecule has 12 heavy (non-hydrogen) atoms. The van der Waals surface area contributed by atoms with Gasteiger partial charge in [-0.3, -0.25) is 4.90 Å². The summed E-state index contributed by atoms with van der Waals surface area (Å²) in [7, 11) is 0. The number of piperazine rings is 1. The van der Waals surface area contributed by atoms with Gasteiger partial charge in [0.25, 0.3) is 0 Å². The Morgan fingerprint density at radius 1 is 1.67 bits per heavy atom. The maximum atomic E-state index is 5.75. The molecular weight excluding hydrogens is 172 g/mol. The van der Waals surface area contributed by atoms with Crippen molar-refractivity contribution in [1.82, 2.24) is 10.2 Å². The Morgan fingerprint density at radius 2 is 2.33 bits per heavy atom. The van der Waals surface area contributed by atoms with E-state index < -0.39 is 0 Å². The number of hydrogen-bond acceptors (Lipinski definition) is 2. The van der Waals surface area contributed by atoms with E-state index in [0.717, 1.165) is 31.2 Å². The number of nitrogens with zero attached hydrogens (tertiary/aromatic N) is 1. The van der Waals surface area contributed by atoms with Crippen LogP contribution in [-0.2, 0) is 0 Å². The lowest BCUT2D eigenvalue weighted by Crippen LogP contribution is -2.57. The maximum Gasteiger partial charge on any atom is 0.0336 e. The van der Waals surface area contributed by atoms with E-state index in [4.69, 9.17) is 11.6 Å². The second kappa shape index (κ2) is 3.77. The lowest BCUT2D eigenvalue weighted by atomic mass is 10.0. The Morgan fingerprint density at radius 3 is 2.83 bits per heavy atom. The van der Waals surface area contributed by atoms with Crippen LogP contribution in [0.2, 0.25) is 0 Å². The van der Waals surface area contributed by atoms with E-state index >= 15 is 0 Å². The SMILES string of the molecule is C=C(Cl)CN1CCNC(C)(C)C1. The highest BCUT2D eigenvalue weighted by Crippen LogP contribution is 2.12. The van der Waals surface area contributed by atoms with E-state index in [1.165, 1.54) is 0 Å². The van der Waals surface area contributed by atoms with Gasteiger partial charge in [0.2, 0.25) is 0 Å². The van der Waals surface area contributed by atoms with Crippen molar-refractivity contribution in [3.8, 4) is 0 Å². The molecule has 0 bridgehead atoms. The largest absolute Gasteiger partial charge is 0.309 e. The third-order valence-corrected chi connectivity index (χ3v) is 2.17. The second-order valence-electron chi connectivity index (χ2n) is 4.04. The molecule has 0 amide bonds. The summed E-state index contributed by atoms with van der Waals surface area (Å²) >= 11 is 5.75. The average Bonchev–Trinajstić information content (AvgIpc) is 1.82. The number of rotatable bonds is 2. The Labute approximate surface area is 79.6 Å². The predicted octanol–water partition coefficient (Wildman–Crippen LogP) is 1.42. The van der Waals surface area contributed by atoms with Crippen LogP contribution in [-0.4, -0.2) is 36.6 Å². The molecule has 0 aromatic rings. The van der Waals surface area contributed by atoms with Crippen LogP contribution < -0.4 is 5.32 Å². The van der Waals surface area contributed by atoms with Gasteiger partial charge in [-0.25, -0.2) is 0 Å². The van der Waals surface area contributed by atoms with Crippen molar-refractivity contribution in [3.63, 3.8) is 0 Å². The van der Waals surface area contributed by atoms with Crippen LogP contribution in [0.15, 0.2) is 11.6 Å². The van der Waals surface area contributed by atoms with Crippen molar-refractivity contribution in [2.75, 3.05) is 26.2 Å². The third-order valence-electron chi connectivity index (χ3n) is 2.05. The lowest BCUT2D eigenvalue weighted by molar-refractivity contribution is 0.168. The molecule has 0 spiro atoms. The van der Waals surface area contributed by atoms with Crippen LogP contribution in [0.3, 0.4) is 0 Å². The first-order valence-corrected chi connectivity index (χ1v) is 4.68. The Balaban J connectivity index is 2.41. The zero-order valence-corrected chi connectivity index (χ0v) is 8.62. The summed E-state index contributed by atoms with van der Waals surface area (Å²) in [4.78, 5) is 2.33. The first-order valence-electron chi connectivity index (χ1n) is 4.30. The van der Waals surface area contributed by atoms with Crippen LogP contribution in [0.5, 0.6) is 0 Å². The smallest absolute Gasteiger partial charge is 0.0336 e. The molecule has 2 nitrogen and oxygen atoms in total. The molecule has 0 aliphatic carbocycles. The van der Waals surface area contributed by atoms with Crippen molar-refractivity contribution < 1.29 is 0 Å². The first kappa shape index (κ1) is 10.0. The standard InChI is InChI=1S/C9H17ClN2/c1-8(10)6-12-5-4-11-9(2,3)7-12/h11H,1,4-7H2,2-3H3. The van der Waals surface area contributed by atoms with Crippen LogP contribution in [0, 0.1) is 0 Å². The summed E-state index contributed by atoms with van der Waals surface area (Å²) in [5.74, 6) is 0. The molecule has 0 saturated carbocycles. The Bertz CT molecular complexity index is 177. The summed E-state index contributed by atoms with van der Waals surface area (Å²) < 4.78 is 0. The molecule has 1 saturated heterocycles. The van der Waals surface area contributed by atoms with Crippen LogP contribution in [0.1, 0.15) is 13.8 Å². The molecule has 1 fully saturated rings. The fourth-order valence-corrected chi connectivity index (χ4v) is 1.79. The van der Waals surface area contributed by atoms with E-state index in [-0.39, 0.29) is 5.54 Å². The van der Waals surface area contributed by atoms with Gasteiger partial charge in [0.05, 0.1) is 0 Å². The van der Waals surface area contributed by atoms with Crippen LogP contribution in [0.4, 0.5) is 0 Å². The fourth-order valence-electron chi connectivity index (χ4n) is 1.62. The first-order chi connectivity index (χ1) is 5.49. The topological polar surface area (TPSA) is 15.3 Å². The zero-order chi connectivity index (χ0) is 9.19. The van der Waals surface area contributed by atoms with Gasteiger partial charge in [0.15, 0.2) is 0 Å². The maximum absolute atomic E-state index is 5.75. The van der Waals surface area contributed by atoms with Gasteiger partial charge in [0, 0.05) is 36.8 Å². The molecule has 0 unspecified atom stereocenters. The van der Waals surface area contributed by atoms with E-state index in [1.54, 1.807) is 0 Å². The van der Waals surface area contributed by atoms with Gasteiger partial charge in [-0.05, 0) is 13.8 Å². The minimum atomic E-state index is 0.213. The van der Waals surface area contributed by atoms with E-state index in [1.807, 2.05) is 0 Å². The van der Waals surface area contributed by atoms with Crippen molar-refractivity contribution >= 4 is 11.6 Å². The van der Waals surface area contributed by atoms with E-state index in [2.05, 4.69) is 30.6 Å². The van der Waals surface area contributed by atoms with Crippen LogP contribution >= 0.6 is 11.6 Å². The minimum Gasteiger partial charge on any atom is -0.309 e. The highest BCUT2D eigenvalue weighted by atomic mass is 35.5. The highest BCUT2D eigenvalue weighted by molar-refractivity contribution is 6.29. The average molecular weight is 189 g/mol. The molecule has 1 heterocycles. The quantitative estimate of drug-likeness (QED) is 0.706. The molecule has 70 valence electrons. The summed E-state index contributed by atoms with van der Waals surface area (Å²) in [6, 6.07) is 0. The van der Waals surface area contributed by atoms with Crippen LogP contribution in [0.25, 0.3) is 0 Å². The molecule has 1 N–H and O–H groups in total. The third kappa shape index (κ3) is 3.13. The van der Waals surface area contributed by atoms with E-state index in [0.29, 0.717) is 0 Å². The van der Waals surface area contributed by atoms with Gasteiger partial charge >= 0.3 is 0 Å². The Hall–Kier alpha value is -0.0500. The molecule has 0 atom stereocenters. The van der Waals surface area contributed by atoms with Gasteiger partial charge in [-0.2, -0.15) is 0 Å². The molecule has 0 aromatic heterocycles. The molecule has 1 aliphatic heterocycles. The van der Waals surface area contributed by atoms with Crippen molar-refractivity contribution in [2.24, 2.45) is 0 Å². The fraction of sp³-hybridized carbons (Fsp3) is 0.778. The monoisotopic (exact) mass is 188 g/mol. The number of nitrogens with one attached hydrogen (secondary N) is 1. The zero-order valence-electron chi connectivity index (χ0n) is 7.86. The summed E-state index contributed by atoms with van der Waals surface area (Å²) in [6.07, 6.45) is 0. The molecule has 3 heteroatoms. The lowest BCUT2D eigenvalue weighted by Gasteiger charge is -2.38. The molecule has 1 aliphatic rings. The van der Waals surface area contributed by atoms with Gasteiger partial charge in [-0.15, -0.1) is 0 Å². The van der Waals surface area contributed by atoms with Crippen molar-refractivity contribution in [1.29, 1.82) is 0 Å². The van der Waals surface area contributed by atoms with Gasteiger partial charge < -0.3 is 5.32 Å². The highest BCUT2D eigenvalue weighted by Gasteiger charge is 2.25. The second-order valence-corrected chi connectivity index (χ2v) is 4.57. The summed E-state index contributed by atoms with van der Waals surface area (Å²) in [5.41, 5.74) is 0.213. The summed E-state index contributed by atoms with van der Waals surface area (Å²) in [5, 5.41) is 4.18. The minimum absolute atomic E-state index is 0.213. The van der Waals surface area contributed by atoms with E-state index in [9.17, 15) is 0 Å². The Kier molecular flexibility index (Phi) is 3.16. The molecule has 0 radical (unpaired) electrons. The molecule has 1 rings (SSSR count). The van der Waals surface area contributed by atoms with Gasteiger partial charge in [0.1, 0.15) is 0 Å². The van der Waals surface area contributed by atoms with Crippen molar-refractivity contribution in [3.05, 3.63) is 11.6 Å². The van der Waals surface area contributed by atoms with Gasteiger partial charge in [-0.1, -0.05) is 18.2 Å². The molecular formula is C9H17ClN2. The number of halogens is 1.